The standard InChI is InChI=1S/C16H20Cl2S/c17-13-1-2-19-15(13)14(18)9-16-6-10-3-11(7-16)5-12(4-10)8-16/h1-2,10-12,14H,3-9H2. The van der Waals surface area contributed by atoms with Gasteiger partial charge in [-0.05, 0) is 79.6 Å². The number of halogens is 2. The molecule has 104 valence electrons. The van der Waals surface area contributed by atoms with E-state index in [-0.39, 0.29) is 5.38 Å². The third kappa shape index (κ3) is 2.26. The molecule has 1 atom stereocenters. The van der Waals surface area contributed by atoms with Crippen molar-refractivity contribution in [1.82, 2.24) is 0 Å². The number of thiophene rings is 1. The number of hydrogen-bond donors (Lipinski definition) is 0. The molecule has 3 heteroatoms. The maximum absolute atomic E-state index is 6.71. The fourth-order valence-electron chi connectivity index (χ4n) is 5.54. The fraction of sp³-hybridized carbons (Fsp3) is 0.750. The molecular weight excluding hydrogens is 295 g/mol. The van der Waals surface area contributed by atoms with E-state index in [0.717, 1.165) is 29.2 Å². The van der Waals surface area contributed by atoms with Crippen LogP contribution in [-0.2, 0) is 0 Å². The molecular formula is C16H20Cl2S. The van der Waals surface area contributed by atoms with Gasteiger partial charge >= 0.3 is 0 Å². The van der Waals surface area contributed by atoms with Gasteiger partial charge in [-0.3, -0.25) is 0 Å². The zero-order valence-corrected chi connectivity index (χ0v) is 13.4. The fourth-order valence-corrected chi connectivity index (χ4v) is 7.36. The quantitative estimate of drug-likeness (QED) is 0.575. The molecule has 19 heavy (non-hydrogen) atoms. The van der Waals surface area contributed by atoms with E-state index in [0.29, 0.717) is 5.41 Å². The molecule has 0 N–H and O–H groups in total. The van der Waals surface area contributed by atoms with E-state index >= 15 is 0 Å². The van der Waals surface area contributed by atoms with Crippen molar-refractivity contribution in [1.29, 1.82) is 0 Å². The van der Waals surface area contributed by atoms with E-state index in [2.05, 4.69) is 5.38 Å². The first-order chi connectivity index (χ1) is 9.13. The molecule has 0 spiro atoms. The molecule has 0 aromatic carbocycles. The van der Waals surface area contributed by atoms with Crippen LogP contribution < -0.4 is 0 Å². The molecule has 0 aliphatic heterocycles. The molecule has 4 aliphatic rings. The summed E-state index contributed by atoms with van der Waals surface area (Å²) in [5.74, 6) is 3.02. The smallest absolute Gasteiger partial charge is 0.0698 e. The molecule has 0 radical (unpaired) electrons. The van der Waals surface area contributed by atoms with Crippen molar-refractivity contribution in [3.63, 3.8) is 0 Å². The Morgan fingerprint density at radius 1 is 1.16 bits per heavy atom. The molecule has 4 bridgehead atoms. The molecule has 1 aromatic heterocycles. The summed E-state index contributed by atoms with van der Waals surface area (Å²) in [5.41, 5.74) is 0.550. The first-order valence-electron chi connectivity index (χ1n) is 7.50. The lowest BCUT2D eigenvalue weighted by Gasteiger charge is -2.57. The summed E-state index contributed by atoms with van der Waals surface area (Å²) in [4.78, 5) is 1.19. The van der Waals surface area contributed by atoms with Crippen LogP contribution in [0.3, 0.4) is 0 Å². The van der Waals surface area contributed by atoms with Crippen molar-refractivity contribution < 1.29 is 0 Å². The Bertz CT molecular complexity index is 444. The molecule has 4 saturated carbocycles. The van der Waals surface area contributed by atoms with Crippen LogP contribution in [0.1, 0.15) is 55.2 Å². The predicted octanol–water partition coefficient (Wildman–Crippen LogP) is 6.29. The summed E-state index contributed by atoms with van der Waals surface area (Å²) in [6.45, 7) is 0. The lowest BCUT2D eigenvalue weighted by atomic mass is 9.48. The topological polar surface area (TPSA) is 0 Å². The Morgan fingerprint density at radius 3 is 2.21 bits per heavy atom. The van der Waals surface area contributed by atoms with Crippen LogP contribution in [0.25, 0.3) is 0 Å². The lowest BCUT2D eigenvalue weighted by Crippen LogP contribution is -2.46. The first kappa shape index (κ1) is 13.0. The Balaban J connectivity index is 1.55. The molecule has 0 nitrogen and oxygen atoms in total. The average molecular weight is 315 g/mol. The minimum absolute atomic E-state index is 0.128. The van der Waals surface area contributed by atoms with Crippen molar-refractivity contribution in [2.45, 2.75) is 50.3 Å². The third-order valence-corrected chi connectivity index (χ3v) is 7.68. The van der Waals surface area contributed by atoms with E-state index in [9.17, 15) is 0 Å². The van der Waals surface area contributed by atoms with Gasteiger partial charge in [0.15, 0.2) is 0 Å². The van der Waals surface area contributed by atoms with E-state index in [1.165, 1.54) is 43.4 Å². The van der Waals surface area contributed by atoms with Crippen molar-refractivity contribution in [3.05, 3.63) is 21.3 Å². The van der Waals surface area contributed by atoms with Crippen molar-refractivity contribution in [2.75, 3.05) is 0 Å². The summed E-state index contributed by atoms with van der Waals surface area (Å²) in [5, 5.41) is 3.06. The van der Waals surface area contributed by atoms with Crippen LogP contribution in [0.2, 0.25) is 5.02 Å². The molecule has 1 unspecified atom stereocenters. The molecule has 4 fully saturated rings. The Labute approximate surface area is 129 Å². The molecule has 4 aliphatic carbocycles. The van der Waals surface area contributed by atoms with Gasteiger partial charge in [-0.2, -0.15) is 0 Å². The van der Waals surface area contributed by atoms with E-state index < -0.39 is 0 Å². The summed E-state index contributed by atoms with van der Waals surface area (Å²) in [6, 6.07) is 1.98. The van der Waals surface area contributed by atoms with Gasteiger partial charge in [0.2, 0.25) is 0 Å². The molecule has 1 heterocycles. The van der Waals surface area contributed by atoms with Crippen molar-refractivity contribution >= 4 is 34.5 Å². The highest BCUT2D eigenvalue weighted by Gasteiger charge is 2.51. The average Bonchev–Trinajstić information content (AvgIpc) is 2.72. The highest BCUT2D eigenvalue weighted by molar-refractivity contribution is 7.11. The van der Waals surface area contributed by atoms with Gasteiger partial charge in [0.25, 0.3) is 0 Å². The predicted molar refractivity (Wildman–Crippen MR) is 83.1 cm³/mol. The second-order valence-corrected chi connectivity index (χ2v) is 9.10. The van der Waals surface area contributed by atoms with Crippen molar-refractivity contribution in [2.24, 2.45) is 23.2 Å². The SMILES string of the molecule is Clc1ccsc1C(Cl)CC12CC3CC(CC(C3)C1)C2. The maximum atomic E-state index is 6.71. The summed E-state index contributed by atoms with van der Waals surface area (Å²) >= 11 is 14.7. The molecule has 5 rings (SSSR count). The van der Waals surface area contributed by atoms with E-state index in [1.54, 1.807) is 11.3 Å². The maximum Gasteiger partial charge on any atom is 0.0698 e. The van der Waals surface area contributed by atoms with Gasteiger partial charge in [-0.15, -0.1) is 22.9 Å². The zero-order chi connectivity index (χ0) is 13.0. The lowest BCUT2D eigenvalue weighted by molar-refractivity contribution is -0.0575. The number of hydrogen-bond acceptors (Lipinski definition) is 1. The number of rotatable bonds is 3. The molecule has 1 aromatic rings. The highest BCUT2D eigenvalue weighted by atomic mass is 35.5. The third-order valence-electron chi connectivity index (χ3n) is 5.71. The van der Waals surface area contributed by atoms with Crippen LogP contribution >= 0.6 is 34.5 Å². The van der Waals surface area contributed by atoms with Gasteiger partial charge in [0.05, 0.1) is 10.4 Å². The van der Waals surface area contributed by atoms with Gasteiger partial charge in [0, 0.05) is 4.88 Å². The summed E-state index contributed by atoms with van der Waals surface area (Å²) < 4.78 is 0. The summed E-state index contributed by atoms with van der Waals surface area (Å²) in [6.07, 6.45) is 9.98. The second-order valence-electron chi connectivity index (χ2n) is 7.22. The zero-order valence-electron chi connectivity index (χ0n) is 11.1. The number of alkyl halides is 1. The Hall–Kier alpha value is 0.280. The monoisotopic (exact) mass is 314 g/mol. The molecule has 0 amide bonds. The van der Waals surface area contributed by atoms with Gasteiger partial charge in [0.1, 0.15) is 0 Å². The largest absolute Gasteiger partial charge is 0.146 e. The van der Waals surface area contributed by atoms with E-state index in [4.69, 9.17) is 23.2 Å². The van der Waals surface area contributed by atoms with Gasteiger partial charge < -0.3 is 0 Å². The molecule has 0 saturated heterocycles. The van der Waals surface area contributed by atoms with Crippen LogP contribution in [-0.4, -0.2) is 0 Å². The van der Waals surface area contributed by atoms with Crippen LogP contribution in [0, 0.1) is 23.2 Å². The first-order valence-corrected chi connectivity index (χ1v) is 9.20. The Kier molecular flexibility index (Phi) is 3.17. The van der Waals surface area contributed by atoms with Gasteiger partial charge in [-0.1, -0.05) is 11.6 Å². The second kappa shape index (κ2) is 4.64. The minimum atomic E-state index is 0.128. The minimum Gasteiger partial charge on any atom is -0.146 e. The highest BCUT2D eigenvalue weighted by Crippen LogP contribution is 2.63. The van der Waals surface area contributed by atoms with E-state index in [1.807, 2.05) is 6.07 Å². The Morgan fingerprint density at radius 2 is 1.74 bits per heavy atom. The summed E-state index contributed by atoms with van der Waals surface area (Å²) in [7, 11) is 0. The van der Waals surface area contributed by atoms with Crippen LogP contribution in [0.15, 0.2) is 11.4 Å². The van der Waals surface area contributed by atoms with Crippen LogP contribution in [0.4, 0.5) is 0 Å². The normalized spacial score (nSPS) is 41.7. The van der Waals surface area contributed by atoms with Crippen molar-refractivity contribution in [3.8, 4) is 0 Å². The van der Waals surface area contributed by atoms with Crippen LogP contribution in [0.5, 0.6) is 0 Å². The van der Waals surface area contributed by atoms with Gasteiger partial charge in [-0.25, -0.2) is 0 Å².